The second-order valence-electron chi connectivity index (χ2n) is 6.64. The molecular formula is C18H23N5O2. The summed E-state index contributed by atoms with van der Waals surface area (Å²) in [7, 11) is 1.83. The topological polar surface area (TPSA) is 62.6 Å². The van der Waals surface area contributed by atoms with Gasteiger partial charge in [0.05, 0.1) is 25.3 Å². The summed E-state index contributed by atoms with van der Waals surface area (Å²) in [6.07, 6.45) is 1.89. The number of fused-ring (bicyclic) bond motifs is 1. The van der Waals surface area contributed by atoms with E-state index in [4.69, 9.17) is 4.74 Å². The number of urea groups is 1. The van der Waals surface area contributed by atoms with Crippen LogP contribution < -0.4 is 5.32 Å². The monoisotopic (exact) mass is 341 g/mol. The number of carbonyl (C=O) groups excluding carboxylic acids is 1. The Morgan fingerprint density at radius 3 is 2.88 bits per heavy atom. The number of rotatable bonds is 3. The van der Waals surface area contributed by atoms with Gasteiger partial charge in [-0.3, -0.25) is 14.9 Å². The zero-order valence-electron chi connectivity index (χ0n) is 14.3. The van der Waals surface area contributed by atoms with Gasteiger partial charge in [-0.05, 0) is 5.56 Å². The number of aromatic nitrogens is 2. The number of anilines is 1. The van der Waals surface area contributed by atoms with Gasteiger partial charge in [0.25, 0.3) is 0 Å². The van der Waals surface area contributed by atoms with Crippen molar-refractivity contribution in [3.05, 3.63) is 48.2 Å². The van der Waals surface area contributed by atoms with Crippen molar-refractivity contribution < 1.29 is 9.53 Å². The molecule has 0 bridgehead atoms. The van der Waals surface area contributed by atoms with Crippen LogP contribution in [0.4, 0.5) is 10.6 Å². The predicted molar refractivity (Wildman–Crippen MR) is 94.2 cm³/mol. The molecule has 2 fully saturated rings. The van der Waals surface area contributed by atoms with Crippen molar-refractivity contribution in [3.63, 3.8) is 0 Å². The molecular weight excluding hydrogens is 318 g/mol. The largest absolute Gasteiger partial charge is 0.373 e. The Bertz CT molecular complexity index is 732. The second kappa shape index (κ2) is 6.85. The zero-order valence-corrected chi connectivity index (χ0v) is 14.3. The number of likely N-dealkylation sites (tertiary alicyclic amines) is 1. The molecule has 1 aromatic heterocycles. The van der Waals surface area contributed by atoms with Crippen molar-refractivity contribution in [2.45, 2.75) is 18.7 Å². The van der Waals surface area contributed by atoms with E-state index in [-0.39, 0.29) is 18.2 Å². The van der Waals surface area contributed by atoms with Crippen LogP contribution in [0.2, 0.25) is 0 Å². The first-order valence-electron chi connectivity index (χ1n) is 8.64. The number of nitrogens with zero attached hydrogens (tertiary/aromatic N) is 4. The number of benzene rings is 1. The average Bonchev–Trinajstić information content (AvgIpc) is 3.22. The quantitative estimate of drug-likeness (QED) is 0.920. The molecule has 0 saturated carbocycles. The normalized spacial score (nSPS) is 23.5. The van der Waals surface area contributed by atoms with Gasteiger partial charge in [-0.25, -0.2) is 4.79 Å². The summed E-state index contributed by atoms with van der Waals surface area (Å²) in [6.45, 7) is 3.79. The van der Waals surface area contributed by atoms with E-state index in [2.05, 4.69) is 39.6 Å². The summed E-state index contributed by atoms with van der Waals surface area (Å²) >= 11 is 0. The fourth-order valence-corrected chi connectivity index (χ4v) is 3.61. The van der Waals surface area contributed by atoms with Gasteiger partial charge < -0.3 is 9.64 Å². The van der Waals surface area contributed by atoms with E-state index in [0.29, 0.717) is 25.5 Å². The van der Waals surface area contributed by atoms with Gasteiger partial charge in [0.15, 0.2) is 5.82 Å². The summed E-state index contributed by atoms with van der Waals surface area (Å²) in [5.74, 6) is 0.574. The van der Waals surface area contributed by atoms with E-state index >= 15 is 0 Å². The summed E-state index contributed by atoms with van der Waals surface area (Å²) < 4.78 is 7.59. The van der Waals surface area contributed by atoms with E-state index < -0.39 is 0 Å². The summed E-state index contributed by atoms with van der Waals surface area (Å²) in [4.78, 5) is 16.8. The number of hydrogen-bond donors (Lipinski definition) is 1. The van der Waals surface area contributed by atoms with E-state index in [1.165, 1.54) is 5.56 Å². The molecule has 25 heavy (non-hydrogen) atoms. The number of hydrogen-bond acceptors (Lipinski definition) is 4. The molecule has 7 heteroatoms. The third-order valence-electron chi connectivity index (χ3n) is 4.88. The highest BCUT2D eigenvalue weighted by Gasteiger charge is 2.41. The molecule has 1 N–H and O–H groups in total. The maximum Gasteiger partial charge on any atom is 0.323 e. The lowest BCUT2D eigenvalue weighted by Gasteiger charge is -2.36. The van der Waals surface area contributed by atoms with Crippen LogP contribution in [0.3, 0.4) is 0 Å². The fourth-order valence-electron chi connectivity index (χ4n) is 3.61. The van der Waals surface area contributed by atoms with Crippen LogP contribution in [0.1, 0.15) is 5.56 Å². The Labute approximate surface area is 147 Å². The third kappa shape index (κ3) is 3.52. The summed E-state index contributed by atoms with van der Waals surface area (Å²) in [5, 5.41) is 7.06. The lowest BCUT2D eigenvalue weighted by atomic mass is 10.1. The SMILES string of the molecule is Cn1ccc(NC(=O)N2C[C@@H]3OCCN(Cc4ccccc4)[C@@H]3C2)n1. The molecule has 0 aliphatic carbocycles. The fraction of sp³-hybridized carbons (Fsp3) is 0.444. The van der Waals surface area contributed by atoms with Crippen molar-refractivity contribution in [1.29, 1.82) is 0 Å². The Morgan fingerprint density at radius 1 is 1.28 bits per heavy atom. The highest BCUT2D eigenvalue weighted by molar-refractivity contribution is 5.88. The van der Waals surface area contributed by atoms with Crippen molar-refractivity contribution in [2.75, 3.05) is 31.6 Å². The van der Waals surface area contributed by atoms with Gasteiger partial charge in [-0.1, -0.05) is 30.3 Å². The lowest BCUT2D eigenvalue weighted by molar-refractivity contribution is -0.0503. The highest BCUT2D eigenvalue weighted by Crippen LogP contribution is 2.25. The lowest BCUT2D eigenvalue weighted by Crippen LogP contribution is -2.50. The van der Waals surface area contributed by atoms with Crippen LogP contribution >= 0.6 is 0 Å². The number of nitrogens with one attached hydrogen (secondary N) is 1. The minimum Gasteiger partial charge on any atom is -0.373 e. The molecule has 2 aromatic rings. The van der Waals surface area contributed by atoms with Crippen molar-refractivity contribution in [1.82, 2.24) is 19.6 Å². The first kappa shape index (κ1) is 16.1. The van der Waals surface area contributed by atoms with Crippen molar-refractivity contribution in [3.8, 4) is 0 Å². The van der Waals surface area contributed by atoms with Gasteiger partial charge >= 0.3 is 6.03 Å². The first-order chi connectivity index (χ1) is 12.2. The molecule has 2 amide bonds. The Kier molecular flexibility index (Phi) is 4.42. The van der Waals surface area contributed by atoms with E-state index in [9.17, 15) is 4.79 Å². The molecule has 0 spiro atoms. The smallest absolute Gasteiger partial charge is 0.323 e. The number of ether oxygens (including phenoxy) is 1. The molecule has 2 atom stereocenters. The van der Waals surface area contributed by atoms with Crippen LogP contribution in [0.5, 0.6) is 0 Å². The van der Waals surface area contributed by atoms with Gasteiger partial charge in [0.1, 0.15) is 0 Å². The van der Waals surface area contributed by atoms with Crippen LogP contribution in [0.15, 0.2) is 42.6 Å². The Hall–Kier alpha value is -2.38. The standard InChI is InChI=1S/C18H23N5O2/c1-21-8-7-17(20-21)19-18(24)23-12-15-16(13-23)25-10-9-22(15)11-14-5-3-2-4-6-14/h2-8,15-16H,9-13H2,1H3,(H,19,20,24)/t15-,16+/m1/s1. The van der Waals surface area contributed by atoms with Crippen LogP contribution in [0.25, 0.3) is 0 Å². The summed E-state index contributed by atoms with van der Waals surface area (Å²) in [6, 6.07) is 12.4. The molecule has 0 unspecified atom stereocenters. The minimum atomic E-state index is -0.114. The average molecular weight is 341 g/mol. The molecule has 1 aromatic carbocycles. The zero-order chi connectivity index (χ0) is 17.2. The van der Waals surface area contributed by atoms with Gasteiger partial charge in [0.2, 0.25) is 0 Å². The van der Waals surface area contributed by atoms with E-state index in [1.54, 1.807) is 10.7 Å². The Balaban J connectivity index is 1.40. The molecule has 4 rings (SSSR count). The minimum absolute atomic E-state index is 0.0759. The van der Waals surface area contributed by atoms with Gasteiger partial charge in [-0.15, -0.1) is 0 Å². The molecule has 132 valence electrons. The van der Waals surface area contributed by atoms with Gasteiger partial charge in [0, 0.05) is 38.9 Å². The number of aryl methyl sites for hydroxylation is 1. The van der Waals surface area contributed by atoms with Crippen LogP contribution in [0, 0.1) is 0 Å². The second-order valence-corrected chi connectivity index (χ2v) is 6.64. The number of morpholine rings is 1. The van der Waals surface area contributed by atoms with E-state index in [1.807, 2.05) is 24.2 Å². The van der Waals surface area contributed by atoms with Crippen molar-refractivity contribution >= 4 is 11.8 Å². The molecule has 7 nitrogen and oxygen atoms in total. The van der Waals surface area contributed by atoms with Crippen molar-refractivity contribution in [2.24, 2.45) is 7.05 Å². The van der Waals surface area contributed by atoms with E-state index in [0.717, 1.165) is 13.1 Å². The predicted octanol–water partition coefficient (Wildman–Crippen LogP) is 1.54. The number of amides is 2. The maximum absolute atomic E-state index is 12.5. The number of carbonyl (C=O) groups is 1. The maximum atomic E-state index is 12.5. The Morgan fingerprint density at radius 2 is 2.12 bits per heavy atom. The molecule has 0 radical (unpaired) electrons. The molecule has 3 heterocycles. The van der Waals surface area contributed by atoms with Gasteiger partial charge in [-0.2, -0.15) is 5.10 Å². The highest BCUT2D eigenvalue weighted by atomic mass is 16.5. The molecule has 2 saturated heterocycles. The molecule has 2 aliphatic heterocycles. The van der Waals surface area contributed by atoms with Crippen LogP contribution in [-0.2, 0) is 18.3 Å². The first-order valence-corrected chi connectivity index (χ1v) is 8.64. The van der Waals surface area contributed by atoms with Crippen LogP contribution in [-0.4, -0.2) is 64.0 Å². The summed E-state index contributed by atoms with van der Waals surface area (Å²) in [5.41, 5.74) is 1.29. The molecule has 2 aliphatic rings. The third-order valence-corrected chi connectivity index (χ3v) is 4.88.